The molecule has 0 spiro atoms. The Morgan fingerprint density at radius 3 is 2.26 bits per heavy atom. The normalized spacial score (nSPS) is 13.6. The lowest BCUT2D eigenvalue weighted by Crippen LogP contribution is -2.39. The molecule has 7 nitrogen and oxygen atoms in total. The van der Waals surface area contributed by atoms with Gasteiger partial charge in [0, 0.05) is 18.7 Å². The van der Waals surface area contributed by atoms with Crippen LogP contribution in [0.2, 0.25) is 0 Å². The molecule has 23 heavy (non-hydrogen) atoms. The molecule has 0 aliphatic carbocycles. The number of carboxylic acid groups (broad SMARTS) is 1. The van der Waals surface area contributed by atoms with Gasteiger partial charge >= 0.3 is 5.97 Å². The maximum absolute atomic E-state index is 12.0. The molecule has 0 aliphatic rings. The Morgan fingerprint density at radius 2 is 1.74 bits per heavy atom. The van der Waals surface area contributed by atoms with Gasteiger partial charge in [0.2, 0.25) is 10.0 Å². The first kappa shape index (κ1) is 19.6. The van der Waals surface area contributed by atoms with Crippen LogP contribution < -0.4 is 4.72 Å². The summed E-state index contributed by atoms with van der Waals surface area (Å²) in [6.45, 7) is 0. The zero-order valence-electron chi connectivity index (χ0n) is 12.8. The summed E-state index contributed by atoms with van der Waals surface area (Å²) in [4.78, 5) is 10.7. The molecule has 0 aliphatic heterocycles. The van der Waals surface area contributed by atoms with E-state index in [-0.39, 0.29) is 12.8 Å². The van der Waals surface area contributed by atoms with Crippen LogP contribution in [-0.4, -0.2) is 51.7 Å². The fourth-order valence-electron chi connectivity index (χ4n) is 1.97. The minimum Gasteiger partial charge on any atom is -0.481 e. The minimum atomic E-state index is -3.80. The van der Waals surface area contributed by atoms with Crippen molar-refractivity contribution in [3.63, 3.8) is 0 Å². The Kier molecular flexibility index (Phi) is 7.17. The maximum Gasteiger partial charge on any atom is 0.303 e. The molecule has 1 unspecified atom stereocenters. The first-order chi connectivity index (χ1) is 10.6. The van der Waals surface area contributed by atoms with Crippen LogP contribution >= 0.6 is 0 Å². The molecular formula is C14H21NO6S2. The van der Waals surface area contributed by atoms with Crippen molar-refractivity contribution in [3.05, 3.63) is 35.9 Å². The Bertz CT molecular complexity index is 713. The molecule has 0 amide bonds. The van der Waals surface area contributed by atoms with E-state index in [1.54, 1.807) is 0 Å². The Hall–Kier alpha value is -1.45. The van der Waals surface area contributed by atoms with E-state index in [9.17, 15) is 21.6 Å². The molecule has 0 aromatic heterocycles. The number of benzene rings is 1. The van der Waals surface area contributed by atoms with Crippen LogP contribution in [0.15, 0.2) is 30.3 Å². The third-order valence-electron chi connectivity index (χ3n) is 3.10. The van der Waals surface area contributed by atoms with Gasteiger partial charge in [-0.2, -0.15) is 0 Å². The van der Waals surface area contributed by atoms with Crippen molar-refractivity contribution in [3.8, 4) is 0 Å². The summed E-state index contributed by atoms with van der Waals surface area (Å²) in [6.07, 6.45) is 1.26. The highest BCUT2D eigenvalue weighted by atomic mass is 32.2. The van der Waals surface area contributed by atoms with Crippen LogP contribution in [0.3, 0.4) is 0 Å². The van der Waals surface area contributed by atoms with Crippen molar-refractivity contribution in [2.45, 2.75) is 25.3 Å². The Morgan fingerprint density at radius 1 is 1.13 bits per heavy atom. The summed E-state index contributed by atoms with van der Waals surface area (Å²) >= 11 is 0. The van der Waals surface area contributed by atoms with E-state index >= 15 is 0 Å². The van der Waals surface area contributed by atoms with E-state index in [0.29, 0.717) is 6.42 Å². The molecule has 1 aromatic rings. The quantitative estimate of drug-likeness (QED) is 0.622. The van der Waals surface area contributed by atoms with E-state index < -0.39 is 43.4 Å². The molecule has 0 saturated heterocycles. The van der Waals surface area contributed by atoms with Crippen molar-refractivity contribution in [2.24, 2.45) is 0 Å². The molecule has 0 bridgehead atoms. The SMILES string of the molecule is CS(=O)(=O)CCS(=O)(=O)NC(CCC(=O)O)Cc1ccccc1. The lowest BCUT2D eigenvalue weighted by molar-refractivity contribution is -0.137. The second kappa shape index (κ2) is 8.42. The van der Waals surface area contributed by atoms with Gasteiger partial charge in [0.15, 0.2) is 0 Å². The summed E-state index contributed by atoms with van der Waals surface area (Å²) in [5, 5.41) is 8.78. The number of sulfone groups is 1. The third-order valence-corrected chi connectivity index (χ3v) is 5.74. The fourth-order valence-corrected chi connectivity index (χ4v) is 4.89. The lowest BCUT2D eigenvalue weighted by atomic mass is 10.0. The van der Waals surface area contributed by atoms with Gasteiger partial charge in [-0.05, 0) is 18.4 Å². The number of carbonyl (C=O) groups is 1. The Balaban J connectivity index is 2.76. The van der Waals surface area contributed by atoms with Gasteiger partial charge < -0.3 is 5.11 Å². The second-order valence-corrected chi connectivity index (χ2v) is 9.52. The molecule has 2 N–H and O–H groups in total. The summed E-state index contributed by atoms with van der Waals surface area (Å²) in [5.41, 5.74) is 0.869. The molecule has 1 atom stereocenters. The molecule has 0 saturated carbocycles. The molecular weight excluding hydrogens is 342 g/mol. The number of hydrogen-bond donors (Lipinski definition) is 2. The predicted molar refractivity (Wildman–Crippen MR) is 87.4 cm³/mol. The lowest BCUT2D eigenvalue weighted by Gasteiger charge is -2.18. The molecule has 130 valence electrons. The standard InChI is InChI=1S/C14H21NO6S2/c1-22(18,19)9-10-23(20,21)15-13(7-8-14(16)17)11-12-5-3-2-4-6-12/h2-6,13,15H,7-11H2,1H3,(H,16,17). The highest BCUT2D eigenvalue weighted by Crippen LogP contribution is 2.09. The first-order valence-electron chi connectivity index (χ1n) is 7.01. The molecule has 0 radical (unpaired) electrons. The van der Waals surface area contributed by atoms with Gasteiger partial charge in [-0.25, -0.2) is 21.6 Å². The zero-order valence-corrected chi connectivity index (χ0v) is 14.4. The maximum atomic E-state index is 12.0. The number of sulfonamides is 1. The third kappa shape index (κ3) is 9.32. The number of hydrogen-bond acceptors (Lipinski definition) is 5. The predicted octanol–water partition coefficient (Wildman–Crippen LogP) is 0.427. The zero-order chi connectivity index (χ0) is 17.5. The van der Waals surface area contributed by atoms with Crippen molar-refractivity contribution < 1.29 is 26.7 Å². The average molecular weight is 363 g/mol. The Labute approximate surface area is 136 Å². The van der Waals surface area contributed by atoms with E-state index in [4.69, 9.17) is 5.11 Å². The number of nitrogens with one attached hydrogen (secondary N) is 1. The van der Waals surface area contributed by atoms with Crippen molar-refractivity contribution in [2.75, 3.05) is 17.8 Å². The van der Waals surface area contributed by atoms with E-state index in [2.05, 4.69) is 4.72 Å². The van der Waals surface area contributed by atoms with Gasteiger partial charge in [0.25, 0.3) is 0 Å². The van der Waals surface area contributed by atoms with Crippen molar-refractivity contribution >= 4 is 25.8 Å². The number of aliphatic carboxylic acids is 1. The highest BCUT2D eigenvalue weighted by molar-refractivity contribution is 7.93. The van der Waals surface area contributed by atoms with Gasteiger partial charge in [-0.3, -0.25) is 4.79 Å². The summed E-state index contributed by atoms with van der Waals surface area (Å²) < 4.78 is 48.6. The van der Waals surface area contributed by atoms with Crippen LogP contribution in [0.4, 0.5) is 0 Å². The molecule has 0 fully saturated rings. The topological polar surface area (TPSA) is 118 Å². The molecule has 9 heteroatoms. The number of carboxylic acids is 1. The van der Waals surface area contributed by atoms with E-state index in [1.807, 2.05) is 30.3 Å². The highest BCUT2D eigenvalue weighted by Gasteiger charge is 2.21. The molecule has 1 rings (SSSR count). The van der Waals surface area contributed by atoms with Crippen LogP contribution in [0.5, 0.6) is 0 Å². The first-order valence-corrected chi connectivity index (χ1v) is 10.7. The van der Waals surface area contributed by atoms with E-state index in [0.717, 1.165) is 11.8 Å². The minimum absolute atomic E-state index is 0.127. The monoisotopic (exact) mass is 363 g/mol. The summed E-state index contributed by atoms with van der Waals surface area (Å²) in [6, 6.07) is 8.48. The van der Waals surface area contributed by atoms with E-state index in [1.165, 1.54) is 0 Å². The largest absolute Gasteiger partial charge is 0.481 e. The average Bonchev–Trinajstić information content (AvgIpc) is 2.43. The van der Waals surface area contributed by atoms with Crippen LogP contribution in [0, 0.1) is 0 Å². The van der Waals surface area contributed by atoms with Crippen molar-refractivity contribution in [1.82, 2.24) is 4.72 Å². The fraction of sp³-hybridized carbons (Fsp3) is 0.500. The molecule has 0 heterocycles. The van der Waals surface area contributed by atoms with Gasteiger partial charge in [0.1, 0.15) is 9.84 Å². The molecule has 1 aromatic carbocycles. The van der Waals surface area contributed by atoms with Crippen LogP contribution in [-0.2, 0) is 31.1 Å². The van der Waals surface area contributed by atoms with Gasteiger partial charge in [-0.1, -0.05) is 30.3 Å². The van der Waals surface area contributed by atoms with Crippen molar-refractivity contribution in [1.29, 1.82) is 0 Å². The van der Waals surface area contributed by atoms with Gasteiger partial charge in [-0.15, -0.1) is 0 Å². The summed E-state index contributed by atoms with van der Waals surface area (Å²) in [5.74, 6) is -2.03. The van der Waals surface area contributed by atoms with Gasteiger partial charge in [0.05, 0.1) is 11.5 Å². The van der Waals surface area contributed by atoms with Crippen LogP contribution in [0.1, 0.15) is 18.4 Å². The summed E-state index contributed by atoms with van der Waals surface area (Å²) in [7, 11) is -7.20. The number of rotatable bonds is 10. The van der Waals surface area contributed by atoms with Crippen LogP contribution in [0.25, 0.3) is 0 Å². The second-order valence-electron chi connectivity index (χ2n) is 5.39. The smallest absolute Gasteiger partial charge is 0.303 e.